The van der Waals surface area contributed by atoms with E-state index in [1.165, 1.54) is 44.2 Å². The van der Waals surface area contributed by atoms with Crippen LogP contribution in [-0.4, -0.2) is 16.1 Å². The van der Waals surface area contributed by atoms with Gasteiger partial charge in [0.15, 0.2) is 0 Å². The van der Waals surface area contributed by atoms with Crippen LogP contribution in [0, 0.1) is 12.8 Å². The van der Waals surface area contributed by atoms with E-state index in [9.17, 15) is 0 Å². The summed E-state index contributed by atoms with van der Waals surface area (Å²) in [5, 5.41) is 3.53. The molecular weight excluding hydrogens is 258 g/mol. The van der Waals surface area contributed by atoms with Gasteiger partial charge in [0.05, 0.1) is 5.69 Å². The first-order chi connectivity index (χ1) is 10.3. The Hall–Kier alpha value is -1.77. The number of anilines is 1. The van der Waals surface area contributed by atoms with Gasteiger partial charge in [0.1, 0.15) is 0 Å². The maximum Gasteiger partial charge on any atom is 0.207 e. The summed E-state index contributed by atoms with van der Waals surface area (Å²) in [5.74, 6) is 1.88. The Morgan fingerprint density at radius 2 is 1.90 bits per heavy atom. The number of rotatable bonds is 5. The van der Waals surface area contributed by atoms with Crippen molar-refractivity contribution in [2.24, 2.45) is 5.92 Å². The molecule has 1 fully saturated rings. The highest BCUT2D eigenvalue weighted by molar-refractivity contribution is 5.42. The van der Waals surface area contributed by atoms with Crippen LogP contribution in [0.25, 0.3) is 5.69 Å². The Morgan fingerprint density at radius 1 is 1.14 bits per heavy atom. The van der Waals surface area contributed by atoms with Gasteiger partial charge in [-0.25, -0.2) is 4.98 Å². The Balaban J connectivity index is 1.62. The summed E-state index contributed by atoms with van der Waals surface area (Å²) in [6.07, 6.45) is 10.5. The molecular formula is C18H25N3. The van der Waals surface area contributed by atoms with Crippen molar-refractivity contribution in [3.8, 4) is 5.69 Å². The van der Waals surface area contributed by atoms with Crippen LogP contribution >= 0.6 is 0 Å². The summed E-state index contributed by atoms with van der Waals surface area (Å²) in [6.45, 7) is 3.07. The van der Waals surface area contributed by atoms with Crippen LogP contribution in [0.3, 0.4) is 0 Å². The van der Waals surface area contributed by atoms with Gasteiger partial charge in [-0.15, -0.1) is 0 Å². The lowest BCUT2D eigenvalue weighted by Gasteiger charge is -2.21. The molecule has 112 valence electrons. The topological polar surface area (TPSA) is 29.9 Å². The third-order valence-electron chi connectivity index (χ3n) is 4.42. The van der Waals surface area contributed by atoms with Gasteiger partial charge in [0, 0.05) is 18.4 Å². The van der Waals surface area contributed by atoms with Crippen LogP contribution in [0.5, 0.6) is 0 Å². The molecule has 1 N–H and O–H groups in total. The molecule has 0 saturated heterocycles. The number of nitrogens with zero attached hydrogens (tertiary/aromatic N) is 2. The van der Waals surface area contributed by atoms with E-state index in [2.05, 4.69) is 45.3 Å². The van der Waals surface area contributed by atoms with Gasteiger partial charge < -0.3 is 5.32 Å². The molecule has 0 aliphatic heterocycles. The summed E-state index contributed by atoms with van der Waals surface area (Å²) in [6, 6.07) is 10.4. The van der Waals surface area contributed by atoms with Gasteiger partial charge in [0.25, 0.3) is 0 Å². The summed E-state index contributed by atoms with van der Waals surface area (Å²) in [7, 11) is 0. The van der Waals surface area contributed by atoms with E-state index in [1.807, 2.05) is 13.0 Å². The Bertz CT molecular complexity index is 553. The lowest BCUT2D eigenvalue weighted by Crippen LogP contribution is -2.14. The minimum atomic E-state index is 0.910. The molecule has 0 atom stereocenters. The van der Waals surface area contributed by atoms with E-state index in [1.54, 1.807) is 0 Å². The largest absolute Gasteiger partial charge is 0.355 e. The second kappa shape index (κ2) is 6.79. The lowest BCUT2D eigenvalue weighted by molar-refractivity contribution is 0.345. The quantitative estimate of drug-likeness (QED) is 0.871. The van der Waals surface area contributed by atoms with Crippen LogP contribution in [-0.2, 0) is 0 Å². The van der Waals surface area contributed by atoms with Gasteiger partial charge in [-0.05, 0) is 31.4 Å². The molecule has 21 heavy (non-hydrogen) atoms. The summed E-state index contributed by atoms with van der Waals surface area (Å²) in [5.41, 5.74) is 2.22. The highest BCUT2D eigenvalue weighted by atomic mass is 15.2. The van der Waals surface area contributed by atoms with E-state index >= 15 is 0 Å². The van der Waals surface area contributed by atoms with Crippen molar-refractivity contribution in [3.63, 3.8) is 0 Å². The second-order valence-corrected chi connectivity index (χ2v) is 6.13. The van der Waals surface area contributed by atoms with Crippen molar-refractivity contribution in [2.75, 3.05) is 11.9 Å². The number of nitrogens with one attached hydrogen (secondary N) is 1. The molecule has 1 aromatic carbocycles. The lowest BCUT2D eigenvalue weighted by atomic mass is 9.87. The number of para-hydroxylation sites is 1. The summed E-state index contributed by atoms with van der Waals surface area (Å²) in [4.78, 5) is 4.62. The third kappa shape index (κ3) is 3.66. The molecule has 0 bridgehead atoms. The van der Waals surface area contributed by atoms with E-state index in [4.69, 9.17) is 0 Å². The second-order valence-electron chi connectivity index (χ2n) is 6.13. The van der Waals surface area contributed by atoms with Crippen molar-refractivity contribution < 1.29 is 0 Å². The fourth-order valence-electron chi connectivity index (χ4n) is 3.27. The SMILES string of the molecule is Cc1cn(-c2ccccc2)c(NCCC2CCCCC2)n1. The molecule has 1 heterocycles. The maximum absolute atomic E-state index is 4.62. The molecule has 1 aromatic heterocycles. The number of aryl methyl sites for hydroxylation is 1. The van der Waals surface area contributed by atoms with E-state index in [0.29, 0.717) is 0 Å². The first-order valence-corrected chi connectivity index (χ1v) is 8.18. The molecule has 3 rings (SSSR count). The highest BCUT2D eigenvalue weighted by Crippen LogP contribution is 2.26. The van der Waals surface area contributed by atoms with Crippen molar-refractivity contribution in [3.05, 3.63) is 42.2 Å². The number of imidazole rings is 1. The van der Waals surface area contributed by atoms with Crippen LogP contribution in [0.1, 0.15) is 44.2 Å². The highest BCUT2D eigenvalue weighted by Gasteiger charge is 2.13. The van der Waals surface area contributed by atoms with E-state index in [-0.39, 0.29) is 0 Å². The number of benzene rings is 1. The molecule has 3 nitrogen and oxygen atoms in total. The zero-order valence-electron chi connectivity index (χ0n) is 12.9. The van der Waals surface area contributed by atoms with Crippen molar-refractivity contribution in [1.82, 2.24) is 9.55 Å². The fourth-order valence-corrected chi connectivity index (χ4v) is 3.27. The van der Waals surface area contributed by atoms with Gasteiger partial charge in [-0.3, -0.25) is 4.57 Å². The van der Waals surface area contributed by atoms with Gasteiger partial charge in [-0.1, -0.05) is 50.3 Å². The smallest absolute Gasteiger partial charge is 0.207 e. The molecule has 3 heteroatoms. The molecule has 2 aromatic rings. The average molecular weight is 283 g/mol. The van der Waals surface area contributed by atoms with Crippen LogP contribution in [0.4, 0.5) is 5.95 Å². The fraction of sp³-hybridized carbons (Fsp3) is 0.500. The normalized spacial score (nSPS) is 16.0. The Kier molecular flexibility index (Phi) is 4.59. The van der Waals surface area contributed by atoms with Gasteiger partial charge in [0.2, 0.25) is 5.95 Å². The minimum absolute atomic E-state index is 0.910. The zero-order valence-corrected chi connectivity index (χ0v) is 12.9. The predicted octanol–water partition coefficient (Wildman–Crippen LogP) is 4.56. The average Bonchev–Trinajstić information content (AvgIpc) is 2.90. The molecule has 0 unspecified atom stereocenters. The summed E-state index contributed by atoms with van der Waals surface area (Å²) >= 11 is 0. The molecule has 1 aliphatic rings. The molecule has 1 saturated carbocycles. The van der Waals surface area contributed by atoms with Crippen molar-refractivity contribution in [1.29, 1.82) is 0 Å². The maximum atomic E-state index is 4.62. The predicted molar refractivity (Wildman–Crippen MR) is 88.0 cm³/mol. The Morgan fingerprint density at radius 3 is 2.67 bits per heavy atom. The number of hydrogen-bond acceptors (Lipinski definition) is 2. The molecule has 0 radical (unpaired) electrons. The summed E-state index contributed by atoms with van der Waals surface area (Å²) < 4.78 is 2.15. The van der Waals surface area contributed by atoms with Crippen LogP contribution in [0.2, 0.25) is 0 Å². The third-order valence-corrected chi connectivity index (χ3v) is 4.42. The van der Waals surface area contributed by atoms with E-state index < -0.39 is 0 Å². The first-order valence-electron chi connectivity index (χ1n) is 8.18. The van der Waals surface area contributed by atoms with Crippen molar-refractivity contribution >= 4 is 5.95 Å². The van der Waals surface area contributed by atoms with E-state index in [0.717, 1.165) is 24.1 Å². The number of aromatic nitrogens is 2. The number of hydrogen-bond donors (Lipinski definition) is 1. The monoisotopic (exact) mass is 283 g/mol. The van der Waals surface area contributed by atoms with Crippen molar-refractivity contribution in [2.45, 2.75) is 45.4 Å². The van der Waals surface area contributed by atoms with Gasteiger partial charge in [-0.2, -0.15) is 0 Å². The van der Waals surface area contributed by atoms with Crippen LogP contribution < -0.4 is 5.32 Å². The molecule has 1 aliphatic carbocycles. The first kappa shape index (κ1) is 14.2. The minimum Gasteiger partial charge on any atom is -0.355 e. The molecule has 0 amide bonds. The van der Waals surface area contributed by atoms with Gasteiger partial charge >= 0.3 is 0 Å². The Labute approximate surface area is 127 Å². The zero-order chi connectivity index (χ0) is 14.5. The standard InChI is InChI=1S/C18H25N3/c1-15-14-21(17-10-6-3-7-11-17)18(20-15)19-13-12-16-8-4-2-5-9-16/h3,6-7,10-11,14,16H,2,4-5,8-9,12-13H2,1H3,(H,19,20). The van der Waals surface area contributed by atoms with Crippen LogP contribution in [0.15, 0.2) is 36.5 Å². The molecule has 0 spiro atoms.